The Labute approximate surface area is 163 Å². The quantitative estimate of drug-likeness (QED) is 0.567. The largest absolute Gasteiger partial charge is 0.358 e. The van der Waals surface area contributed by atoms with Crippen molar-refractivity contribution >= 4 is 5.57 Å². The summed E-state index contributed by atoms with van der Waals surface area (Å²) in [6.45, 7) is 8.51. The Bertz CT molecular complexity index is 774. The minimum atomic E-state index is 0.194. The highest BCUT2D eigenvalue weighted by Crippen LogP contribution is 2.32. The molecule has 2 aliphatic heterocycles. The first kappa shape index (κ1) is 19.1. The maximum absolute atomic E-state index is 9.64. The number of nitrogens with zero attached hydrogens (tertiary/aromatic N) is 4. The molecule has 2 aliphatic rings. The van der Waals surface area contributed by atoms with Crippen LogP contribution in [0.2, 0.25) is 0 Å². The van der Waals surface area contributed by atoms with Crippen LogP contribution >= 0.6 is 0 Å². The van der Waals surface area contributed by atoms with Gasteiger partial charge in [-0.1, -0.05) is 38.1 Å². The first-order chi connectivity index (χ1) is 13.2. The Morgan fingerprint density at radius 2 is 1.44 bits per heavy atom. The van der Waals surface area contributed by atoms with Crippen molar-refractivity contribution in [2.24, 2.45) is 0 Å². The monoisotopic (exact) mass is 360 g/mol. The van der Waals surface area contributed by atoms with Crippen molar-refractivity contribution in [2.45, 2.75) is 45.4 Å². The molecule has 0 aliphatic carbocycles. The zero-order chi connectivity index (χ0) is 19.2. The number of likely N-dealkylation sites (tertiary alicyclic amines) is 2. The molecule has 0 spiro atoms. The van der Waals surface area contributed by atoms with Crippen LogP contribution in [0.15, 0.2) is 41.7 Å². The van der Waals surface area contributed by atoms with Gasteiger partial charge in [0.05, 0.1) is 0 Å². The van der Waals surface area contributed by atoms with E-state index in [0.717, 1.165) is 37.3 Å². The van der Waals surface area contributed by atoms with Crippen LogP contribution in [-0.2, 0) is 0 Å². The number of rotatable bonds is 5. The number of hydrogen-bond donors (Lipinski definition) is 0. The first-order valence-electron chi connectivity index (χ1n) is 10.0. The number of hydrogen-bond acceptors (Lipinski definition) is 4. The average molecular weight is 361 g/mol. The zero-order valence-electron chi connectivity index (χ0n) is 16.4. The van der Waals surface area contributed by atoms with Crippen LogP contribution in [-0.4, -0.2) is 36.0 Å². The van der Waals surface area contributed by atoms with Gasteiger partial charge in [0, 0.05) is 31.8 Å². The molecular weight excluding hydrogens is 332 g/mol. The third-order valence-corrected chi connectivity index (χ3v) is 5.50. The van der Waals surface area contributed by atoms with Crippen LogP contribution in [0.5, 0.6) is 0 Å². The van der Waals surface area contributed by atoms with Crippen molar-refractivity contribution in [3.63, 3.8) is 0 Å². The maximum Gasteiger partial charge on any atom is 0.137 e. The summed E-state index contributed by atoms with van der Waals surface area (Å²) in [5, 5.41) is 19.3. The van der Waals surface area contributed by atoms with Gasteiger partial charge in [-0.25, -0.2) is 0 Å². The van der Waals surface area contributed by atoms with E-state index in [4.69, 9.17) is 0 Å². The molecule has 0 aromatic heterocycles. The van der Waals surface area contributed by atoms with E-state index in [9.17, 15) is 10.5 Å². The standard InChI is InChI=1S/C23H28N4/c1-18(2)20-9-3-4-10-21(20)22(19(16-24)17-25)15-23(26-11-5-6-12-26)27-13-7-8-14-27/h3-4,9-10,15,18H,5-8,11-14H2,1-2H3. The van der Waals surface area contributed by atoms with Crippen molar-refractivity contribution in [1.29, 1.82) is 10.5 Å². The van der Waals surface area contributed by atoms with Gasteiger partial charge in [-0.15, -0.1) is 0 Å². The fraction of sp³-hybridized carbons (Fsp3) is 0.478. The molecule has 0 radical (unpaired) electrons. The second-order valence-electron chi connectivity index (χ2n) is 7.65. The minimum Gasteiger partial charge on any atom is -0.358 e. The summed E-state index contributed by atoms with van der Waals surface area (Å²) >= 11 is 0. The highest BCUT2D eigenvalue weighted by atomic mass is 15.3. The molecule has 1 aromatic carbocycles. The van der Waals surface area contributed by atoms with E-state index in [0.29, 0.717) is 5.92 Å². The van der Waals surface area contributed by atoms with Crippen LogP contribution in [0, 0.1) is 22.7 Å². The summed E-state index contributed by atoms with van der Waals surface area (Å²) < 4.78 is 0. The molecule has 0 N–H and O–H groups in total. The van der Waals surface area contributed by atoms with E-state index in [1.54, 1.807) is 0 Å². The summed E-state index contributed by atoms with van der Waals surface area (Å²) in [5.74, 6) is 1.51. The summed E-state index contributed by atoms with van der Waals surface area (Å²) in [6.07, 6.45) is 6.93. The third kappa shape index (κ3) is 4.17. The van der Waals surface area contributed by atoms with Crippen molar-refractivity contribution in [1.82, 2.24) is 9.80 Å². The molecule has 0 unspecified atom stereocenters. The fourth-order valence-electron chi connectivity index (χ4n) is 4.08. The normalized spacial score (nSPS) is 16.2. The van der Waals surface area contributed by atoms with Gasteiger partial charge < -0.3 is 9.80 Å². The summed E-state index contributed by atoms with van der Waals surface area (Å²) in [4.78, 5) is 4.85. The van der Waals surface area contributed by atoms with Crippen LogP contribution < -0.4 is 0 Å². The van der Waals surface area contributed by atoms with E-state index in [1.807, 2.05) is 18.2 Å². The molecule has 27 heavy (non-hydrogen) atoms. The second-order valence-corrected chi connectivity index (χ2v) is 7.65. The first-order valence-corrected chi connectivity index (χ1v) is 10.0. The number of nitriles is 2. The Balaban J connectivity index is 2.16. The smallest absolute Gasteiger partial charge is 0.137 e. The zero-order valence-corrected chi connectivity index (χ0v) is 16.4. The lowest BCUT2D eigenvalue weighted by atomic mass is 9.90. The van der Waals surface area contributed by atoms with Crippen LogP contribution in [0.4, 0.5) is 0 Å². The van der Waals surface area contributed by atoms with Gasteiger partial charge >= 0.3 is 0 Å². The lowest BCUT2D eigenvalue weighted by Crippen LogP contribution is -2.32. The molecule has 140 valence electrons. The van der Waals surface area contributed by atoms with Gasteiger partial charge in [-0.2, -0.15) is 10.5 Å². The fourth-order valence-corrected chi connectivity index (χ4v) is 4.08. The lowest BCUT2D eigenvalue weighted by molar-refractivity contribution is 0.270. The number of benzene rings is 1. The van der Waals surface area contributed by atoms with E-state index in [-0.39, 0.29) is 5.57 Å². The molecule has 4 heteroatoms. The van der Waals surface area contributed by atoms with E-state index < -0.39 is 0 Å². The molecule has 2 fully saturated rings. The highest BCUT2D eigenvalue weighted by Gasteiger charge is 2.24. The molecule has 2 heterocycles. The molecule has 0 amide bonds. The minimum absolute atomic E-state index is 0.194. The highest BCUT2D eigenvalue weighted by molar-refractivity contribution is 5.84. The summed E-state index contributed by atoms with van der Waals surface area (Å²) in [6, 6.07) is 12.4. The molecular formula is C23H28N4. The Hall–Kier alpha value is -2.72. The van der Waals surface area contributed by atoms with Gasteiger partial charge in [-0.05, 0) is 48.8 Å². The Kier molecular flexibility index (Phi) is 6.20. The maximum atomic E-state index is 9.64. The molecule has 2 saturated heterocycles. The predicted molar refractivity (Wildman–Crippen MR) is 108 cm³/mol. The molecule has 1 aromatic rings. The third-order valence-electron chi connectivity index (χ3n) is 5.50. The van der Waals surface area contributed by atoms with Gasteiger partial charge in [-0.3, -0.25) is 0 Å². The lowest BCUT2D eigenvalue weighted by Gasteiger charge is -2.31. The molecule has 4 nitrogen and oxygen atoms in total. The van der Waals surface area contributed by atoms with Gasteiger partial charge in [0.1, 0.15) is 23.5 Å². The molecule has 0 saturated carbocycles. The van der Waals surface area contributed by atoms with Gasteiger partial charge in [0.25, 0.3) is 0 Å². The average Bonchev–Trinajstić information content (AvgIpc) is 3.39. The van der Waals surface area contributed by atoms with Crippen LogP contribution in [0.25, 0.3) is 5.57 Å². The van der Waals surface area contributed by atoms with Crippen molar-refractivity contribution in [2.75, 3.05) is 26.2 Å². The van der Waals surface area contributed by atoms with Crippen LogP contribution in [0.3, 0.4) is 0 Å². The molecule has 0 atom stereocenters. The molecule has 0 bridgehead atoms. The van der Waals surface area contributed by atoms with E-state index in [1.165, 1.54) is 37.1 Å². The molecule has 3 rings (SSSR count). The summed E-state index contributed by atoms with van der Waals surface area (Å²) in [7, 11) is 0. The van der Waals surface area contributed by atoms with E-state index in [2.05, 4.69) is 47.9 Å². The van der Waals surface area contributed by atoms with Crippen molar-refractivity contribution < 1.29 is 0 Å². The topological polar surface area (TPSA) is 54.1 Å². The second kappa shape index (κ2) is 8.78. The van der Waals surface area contributed by atoms with E-state index >= 15 is 0 Å². The van der Waals surface area contributed by atoms with Crippen molar-refractivity contribution in [3.8, 4) is 12.1 Å². The predicted octanol–water partition coefficient (Wildman–Crippen LogP) is 4.64. The Morgan fingerprint density at radius 1 is 0.926 bits per heavy atom. The van der Waals surface area contributed by atoms with Gasteiger partial charge in [0.15, 0.2) is 0 Å². The van der Waals surface area contributed by atoms with Crippen molar-refractivity contribution in [3.05, 3.63) is 52.9 Å². The van der Waals surface area contributed by atoms with Gasteiger partial charge in [0.2, 0.25) is 0 Å². The number of allylic oxidation sites excluding steroid dienone is 3. The summed E-state index contributed by atoms with van der Waals surface area (Å²) in [5.41, 5.74) is 3.13. The SMILES string of the molecule is CC(C)c1ccccc1C(C=C(N1CCCC1)N1CCCC1)=C(C#N)C#N. The van der Waals surface area contributed by atoms with Crippen LogP contribution in [0.1, 0.15) is 56.6 Å². The Morgan fingerprint density at radius 3 is 1.93 bits per heavy atom.